The predicted octanol–water partition coefficient (Wildman–Crippen LogP) is 0.446. The van der Waals surface area contributed by atoms with Gasteiger partial charge in [0, 0.05) is 7.11 Å². The summed E-state index contributed by atoms with van der Waals surface area (Å²) >= 11 is 0. The van der Waals surface area contributed by atoms with Gasteiger partial charge in [-0.2, -0.15) is 0 Å². The lowest BCUT2D eigenvalue weighted by Gasteiger charge is -2.33. The van der Waals surface area contributed by atoms with Crippen LogP contribution >= 0.6 is 0 Å². The summed E-state index contributed by atoms with van der Waals surface area (Å²) in [7, 11) is 3.06. The second-order valence-corrected chi connectivity index (χ2v) is 3.58. The van der Waals surface area contributed by atoms with Crippen molar-refractivity contribution in [3.8, 4) is 0 Å². The fourth-order valence-electron chi connectivity index (χ4n) is 1.75. The van der Waals surface area contributed by atoms with Crippen molar-refractivity contribution in [2.24, 2.45) is 5.73 Å². The third-order valence-electron chi connectivity index (χ3n) is 2.75. The van der Waals surface area contributed by atoms with Crippen LogP contribution in [0.15, 0.2) is 0 Å². The van der Waals surface area contributed by atoms with Crippen LogP contribution in [0, 0.1) is 0 Å². The van der Waals surface area contributed by atoms with Gasteiger partial charge in [0.1, 0.15) is 5.54 Å². The lowest BCUT2D eigenvalue weighted by atomic mass is 9.81. The number of hydrogen-bond acceptors (Lipinski definition) is 4. The molecule has 76 valence electrons. The highest BCUT2D eigenvalue weighted by Crippen LogP contribution is 2.28. The molecule has 13 heavy (non-hydrogen) atoms. The smallest absolute Gasteiger partial charge is 0.325 e. The van der Waals surface area contributed by atoms with Gasteiger partial charge in [-0.25, -0.2) is 0 Å². The number of esters is 1. The van der Waals surface area contributed by atoms with Crippen LogP contribution in [0.4, 0.5) is 0 Å². The number of methoxy groups -OCH3 is 2. The molecule has 4 nitrogen and oxygen atoms in total. The highest BCUT2D eigenvalue weighted by molar-refractivity contribution is 5.80. The van der Waals surface area contributed by atoms with Crippen LogP contribution in [-0.2, 0) is 14.3 Å². The van der Waals surface area contributed by atoms with Crippen LogP contribution < -0.4 is 5.73 Å². The quantitative estimate of drug-likeness (QED) is 0.637. The summed E-state index contributed by atoms with van der Waals surface area (Å²) in [5, 5.41) is 0. The van der Waals surface area contributed by atoms with Crippen LogP contribution in [0.1, 0.15) is 25.7 Å². The molecule has 0 aromatic carbocycles. The Labute approximate surface area is 78.4 Å². The van der Waals surface area contributed by atoms with E-state index in [0.717, 1.165) is 12.8 Å². The minimum atomic E-state index is -0.774. The number of carbonyl (C=O) groups is 1. The molecule has 4 heteroatoms. The van der Waals surface area contributed by atoms with Gasteiger partial charge in [0.15, 0.2) is 0 Å². The predicted molar refractivity (Wildman–Crippen MR) is 48.2 cm³/mol. The molecule has 0 atom stereocenters. The van der Waals surface area contributed by atoms with Gasteiger partial charge < -0.3 is 15.2 Å². The fraction of sp³-hybridized carbons (Fsp3) is 0.889. The van der Waals surface area contributed by atoms with Gasteiger partial charge in [-0.3, -0.25) is 4.79 Å². The summed E-state index contributed by atoms with van der Waals surface area (Å²) < 4.78 is 9.85. The normalized spacial score (nSPS) is 34.2. The molecule has 0 aromatic heterocycles. The van der Waals surface area contributed by atoms with E-state index in [9.17, 15) is 4.79 Å². The van der Waals surface area contributed by atoms with Crippen molar-refractivity contribution in [3.63, 3.8) is 0 Å². The van der Waals surface area contributed by atoms with Crippen molar-refractivity contribution < 1.29 is 14.3 Å². The molecule has 0 spiro atoms. The van der Waals surface area contributed by atoms with Crippen molar-refractivity contribution in [3.05, 3.63) is 0 Å². The maximum atomic E-state index is 11.3. The van der Waals surface area contributed by atoms with Crippen LogP contribution in [0.3, 0.4) is 0 Å². The summed E-state index contributed by atoms with van der Waals surface area (Å²) in [4.78, 5) is 11.3. The van der Waals surface area contributed by atoms with Crippen molar-refractivity contribution in [1.29, 1.82) is 0 Å². The van der Waals surface area contributed by atoms with Gasteiger partial charge in [-0.1, -0.05) is 0 Å². The van der Waals surface area contributed by atoms with Gasteiger partial charge in [-0.05, 0) is 25.7 Å². The zero-order valence-electron chi connectivity index (χ0n) is 8.21. The number of carbonyl (C=O) groups excluding carboxylic acids is 1. The van der Waals surface area contributed by atoms with Crippen molar-refractivity contribution in [1.82, 2.24) is 0 Å². The summed E-state index contributed by atoms with van der Waals surface area (Å²) in [5.74, 6) is -0.304. The first-order valence-electron chi connectivity index (χ1n) is 4.52. The van der Waals surface area contributed by atoms with Gasteiger partial charge in [0.25, 0.3) is 0 Å². The fourth-order valence-corrected chi connectivity index (χ4v) is 1.75. The zero-order valence-corrected chi connectivity index (χ0v) is 8.21. The van der Waals surface area contributed by atoms with E-state index in [0.29, 0.717) is 12.8 Å². The standard InChI is InChI=1S/C9H17NO3/c1-12-7-3-5-9(10,6-4-7)8(11)13-2/h7H,3-6,10H2,1-2H3/t7-,9-. The second kappa shape index (κ2) is 4.07. The third-order valence-corrected chi connectivity index (χ3v) is 2.75. The van der Waals surface area contributed by atoms with E-state index in [1.165, 1.54) is 7.11 Å². The van der Waals surface area contributed by atoms with Crippen molar-refractivity contribution in [2.75, 3.05) is 14.2 Å². The Hall–Kier alpha value is -0.610. The molecule has 2 N–H and O–H groups in total. The Morgan fingerprint density at radius 2 is 1.92 bits per heavy atom. The van der Waals surface area contributed by atoms with Crippen molar-refractivity contribution in [2.45, 2.75) is 37.3 Å². The number of nitrogens with two attached hydrogens (primary N) is 1. The molecule has 0 bridgehead atoms. The van der Waals surface area contributed by atoms with Crippen molar-refractivity contribution >= 4 is 5.97 Å². The summed E-state index contributed by atoms with van der Waals surface area (Å²) in [6.45, 7) is 0. The molecule has 0 aliphatic heterocycles. The lowest BCUT2D eigenvalue weighted by Crippen LogP contribution is -2.52. The minimum absolute atomic E-state index is 0.251. The molecule has 0 saturated heterocycles. The third kappa shape index (κ3) is 2.19. The maximum Gasteiger partial charge on any atom is 0.325 e. The Morgan fingerprint density at radius 3 is 2.31 bits per heavy atom. The molecule has 0 radical (unpaired) electrons. The summed E-state index contributed by atoms with van der Waals surface area (Å²) in [5.41, 5.74) is 5.13. The largest absolute Gasteiger partial charge is 0.468 e. The van der Waals surface area contributed by atoms with Crippen LogP contribution in [0.5, 0.6) is 0 Å². The number of rotatable bonds is 2. The monoisotopic (exact) mass is 187 g/mol. The first kappa shape index (κ1) is 10.5. The van der Waals surface area contributed by atoms with Gasteiger partial charge in [0.05, 0.1) is 13.2 Å². The molecule has 0 heterocycles. The van der Waals surface area contributed by atoms with Gasteiger partial charge in [-0.15, -0.1) is 0 Å². The first-order valence-corrected chi connectivity index (χ1v) is 4.52. The Balaban J connectivity index is 2.51. The van der Waals surface area contributed by atoms with E-state index < -0.39 is 5.54 Å². The van der Waals surface area contributed by atoms with Gasteiger partial charge >= 0.3 is 5.97 Å². The molecule has 0 aromatic rings. The van der Waals surface area contributed by atoms with Gasteiger partial charge in [0.2, 0.25) is 0 Å². The molecule has 1 fully saturated rings. The molecule has 0 amide bonds. The second-order valence-electron chi connectivity index (χ2n) is 3.58. The molecule has 1 saturated carbocycles. The highest BCUT2D eigenvalue weighted by Gasteiger charge is 2.39. The Morgan fingerprint density at radius 1 is 1.38 bits per heavy atom. The molecule has 1 aliphatic rings. The Kier molecular flexibility index (Phi) is 3.27. The summed E-state index contributed by atoms with van der Waals surface area (Å²) in [6, 6.07) is 0. The molecular weight excluding hydrogens is 170 g/mol. The molecule has 1 rings (SSSR count). The number of ether oxygens (including phenoxy) is 2. The first-order chi connectivity index (χ1) is 6.12. The minimum Gasteiger partial charge on any atom is -0.468 e. The number of hydrogen-bond donors (Lipinski definition) is 1. The maximum absolute atomic E-state index is 11.3. The van der Waals surface area contributed by atoms with Crippen LogP contribution in [-0.4, -0.2) is 31.8 Å². The SMILES string of the molecule is COC(=O)[C@]1(N)CC[C@H](OC)CC1. The van der Waals surface area contributed by atoms with E-state index in [-0.39, 0.29) is 12.1 Å². The van der Waals surface area contributed by atoms with E-state index in [1.807, 2.05) is 0 Å². The average molecular weight is 187 g/mol. The lowest BCUT2D eigenvalue weighted by molar-refractivity contribution is -0.149. The average Bonchev–Trinajstić information content (AvgIpc) is 2.18. The highest BCUT2D eigenvalue weighted by atomic mass is 16.5. The Bertz CT molecular complexity index is 185. The topological polar surface area (TPSA) is 61.5 Å². The van der Waals surface area contributed by atoms with Crippen LogP contribution in [0.2, 0.25) is 0 Å². The van der Waals surface area contributed by atoms with E-state index in [4.69, 9.17) is 10.5 Å². The zero-order chi connectivity index (χ0) is 9.90. The van der Waals surface area contributed by atoms with E-state index >= 15 is 0 Å². The van der Waals surface area contributed by atoms with E-state index in [1.54, 1.807) is 7.11 Å². The molecule has 1 aliphatic carbocycles. The summed E-state index contributed by atoms with van der Waals surface area (Å²) in [6.07, 6.45) is 3.22. The van der Waals surface area contributed by atoms with Crippen LogP contribution in [0.25, 0.3) is 0 Å². The van der Waals surface area contributed by atoms with E-state index in [2.05, 4.69) is 4.74 Å². The molecular formula is C9H17NO3. The molecule has 0 unspecified atom stereocenters.